The van der Waals surface area contributed by atoms with Crippen LogP contribution in [0.1, 0.15) is 38.1 Å². The zero-order chi connectivity index (χ0) is 16.1. The van der Waals surface area contributed by atoms with Gasteiger partial charge in [0.15, 0.2) is 0 Å². The Morgan fingerprint density at radius 2 is 1.91 bits per heavy atom. The number of carbonyl (C=O) groups is 2. The molecule has 5 heteroatoms. The van der Waals surface area contributed by atoms with Crippen molar-refractivity contribution in [1.29, 1.82) is 0 Å². The van der Waals surface area contributed by atoms with Gasteiger partial charge in [0.25, 0.3) is 5.91 Å². The number of methoxy groups -OCH3 is 1. The molecule has 1 amide bonds. The maximum atomic E-state index is 12.4. The van der Waals surface area contributed by atoms with Crippen molar-refractivity contribution in [2.75, 3.05) is 7.11 Å². The third kappa shape index (κ3) is 3.95. The molecule has 2 rings (SSSR count). The summed E-state index contributed by atoms with van der Waals surface area (Å²) in [5.41, 5.74) is 1.98. The predicted molar refractivity (Wildman–Crippen MR) is 87.1 cm³/mol. The Morgan fingerprint density at radius 1 is 1.23 bits per heavy atom. The molecule has 0 aliphatic rings. The second-order valence-electron chi connectivity index (χ2n) is 5.07. The van der Waals surface area contributed by atoms with Crippen molar-refractivity contribution in [3.05, 3.63) is 57.3 Å². The van der Waals surface area contributed by atoms with Crippen molar-refractivity contribution in [3.63, 3.8) is 0 Å². The van der Waals surface area contributed by atoms with Crippen molar-refractivity contribution < 1.29 is 14.3 Å². The zero-order valence-electron chi connectivity index (χ0n) is 12.9. The lowest BCUT2D eigenvalue weighted by Crippen LogP contribution is -2.30. The topological polar surface area (TPSA) is 55.4 Å². The van der Waals surface area contributed by atoms with Crippen molar-refractivity contribution >= 4 is 23.2 Å². The average Bonchev–Trinajstić information content (AvgIpc) is 2.87. The molecule has 1 heterocycles. The largest absolute Gasteiger partial charge is 0.469 e. The highest BCUT2D eigenvalue weighted by Crippen LogP contribution is 2.23. The lowest BCUT2D eigenvalue weighted by molar-refractivity contribution is -0.141. The molecule has 0 radical (unpaired) electrons. The molecule has 1 unspecified atom stereocenters. The van der Waals surface area contributed by atoms with Crippen molar-refractivity contribution in [3.8, 4) is 0 Å². The van der Waals surface area contributed by atoms with Crippen molar-refractivity contribution in [1.82, 2.24) is 5.32 Å². The molecular weight excluding hydrogens is 298 g/mol. The molecule has 22 heavy (non-hydrogen) atoms. The van der Waals surface area contributed by atoms with Gasteiger partial charge in [-0.05, 0) is 31.0 Å². The summed E-state index contributed by atoms with van der Waals surface area (Å²) >= 11 is 1.46. The molecule has 0 saturated heterocycles. The summed E-state index contributed by atoms with van der Waals surface area (Å²) in [7, 11) is 1.35. The Kier molecular flexibility index (Phi) is 5.33. The van der Waals surface area contributed by atoms with E-state index in [2.05, 4.69) is 5.32 Å². The number of aryl methyl sites for hydroxylation is 2. The van der Waals surface area contributed by atoms with Crippen molar-refractivity contribution in [2.24, 2.45) is 0 Å². The van der Waals surface area contributed by atoms with Gasteiger partial charge in [-0.1, -0.05) is 30.3 Å². The summed E-state index contributed by atoms with van der Waals surface area (Å²) in [6.07, 6.45) is 0.107. The third-order valence-electron chi connectivity index (χ3n) is 3.50. The van der Waals surface area contributed by atoms with Gasteiger partial charge in [0.2, 0.25) is 0 Å². The van der Waals surface area contributed by atoms with Crippen LogP contribution in [0, 0.1) is 13.8 Å². The fraction of sp³-hybridized carbons (Fsp3) is 0.294. The number of benzene rings is 1. The Balaban J connectivity index is 2.18. The summed E-state index contributed by atoms with van der Waals surface area (Å²) < 4.78 is 4.73. The Morgan fingerprint density at radius 3 is 2.45 bits per heavy atom. The second kappa shape index (κ2) is 7.22. The van der Waals surface area contributed by atoms with Crippen LogP contribution < -0.4 is 5.32 Å². The van der Waals surface area contributed by atoms with Crippen LogP contribution in [-0.2, 0) is 9.53 Å². The maximum Gasteiger partial charge on any atom is 0.307 e. The minimum atomic E-state index is -0.399. The van der Waals surface area contributed by atoms with Crippen LogP contribution in [0.25, 0.3) is 0 Å². The van der Waals surface area contributed by atoms with Crippen LogP contribution in [0.4, 0.5) is 0 Å². The zero-order valence-corrected chi connectivity index (χ0v) is 13.7. The Bertz CT molecular complexity index is 644. The molecule has 0 spiro atoms. The van der Waals surface area contributed by atoms with E-state index in [0.717, 1.165) is 16.0 Å². The van der Waals surface area contributed by atoms with Gasteiger partial charge in [-0.25, -0.2) is 0 Å². The molecule has 0 bridgehead atoms. The molecule has 1 N–H and O–H groups in total. The molecule has 1 aromatic carbocycles. The number of thiophene rings is 1. The number of esters is 1. The van der Waals surface area contributed by atoms with Gasteiger partial charge in [-0.15, -0.1) is 11.3 Å². The summed E-state index contributed by atoms with van der Waals surface area (Å²) in [6, 6.07) is 10.9. The highest BCUT2D eigenvalue weighted by atomic mass is 32.1. The summed E-state index contributed by atoms with van der Waals surface area (Å²) in [6.45, 7) is 3.96. The molecule has 2 aromatic rings. The summed E-state index contributed by atoms with van der Waals surface area (Å²) in [5.74, 6) is -0.522. The lowest BCUT2D eigenvalue weighted by atomic mass is 10.0. The van der Waals surface area contributed by atoms with Crippen LogP contribution in [0.2, 0.25) is 0 Å². The molecular formula is C17H19NO3S. The highest BCUT2D eigenvalue weighted by molar-refractivity contribution is 7.14. The number of rotatable bonds is 5. The van der Waals surface area contributed by atoms with Crippen LogP contribution >= 0.6 is 11.3 Å². The smallest absolute Gasteiger partial charge is 0.307 e. The highest BCUT2D eigenvalue weighted by Gasteiger charge is 2.20. The first-order valence-electron chi connectivity index (χ1n) is 7.01. The lowest BCUT2D eigenvalue weighted by Gasteiger charge is -2.17. The van der Waals surface area contributed by atoms with Gasteiger partial charge in [-0.2, -0.15) is 0 Å². The number of amides is 1. The number of hydrogen-bond acceptors (Lipinski definition) is 4. The SMILES string of the molecule is COC(=O)CC(NC(=O)c1cc(C)c(C)s1)c1ccccc1. The van der Waals surface area contributed by atoms with E-state index in [1.165, 1.54) is 18.4 Å². The van der Waals surface area contributed by atoms with Gasteiger partial charge in [-0.3, -0.25) is 9.59 Å². The third-order valence-corrected chi connectivity index (χ3v) is 4.65. The van der Waals surface area contributed by atoms with E-state index in [1.54, 1.807) is 0 Å². The van der Waals surface area contributed by atoms with E-state index in [1.807, 2.05) is 50.2 Å². The normalized spacial score (nSPS) is 11.8. The Hall–Kier alpha value is -2.14. The minimum Gasteiger partial charge on any atom is -0.469 e. The number of hydrogen-bond donors (Lipinski definition) is 1. The molecule has 0 saturated carbocycles. The van der Waals surface area contributed by atoms with E-state index in [0.29, 0.717) is 4.88 Å². The van der Waals surface area contributed by atoms with E-state index in [-0.39, 0.29) is 18.3 Å². The molecule has 0 aliphatic heterocycles. The first kappa shape index (κ1) is 16.2. The van der Waals surface area contributed by atoms with E-state index < -0.39 is 6.04 Å². The fourth-order valence-corrected chi connectivity index (χ4v) is 3.04. The number of ether oxygens (including phenoxy) is 1. The molecule has 4 nitrogen and oxygen atoms in total. The van der Waals surface area contributed by atoms with Gasteiger partial charge in [0.05, 0.1) is 24.4 Å². The maximum absolute atomic E-state index is 12.4. The van der Waals surface area contributed by atoms with Crippen molar-refractivity contribution in [2.45, 2.75) is 26.3 Å². The Labute approximate surface area is 134 Å². The molecule has 116 valence electrons. The summed E-state index contributed by atoms with van der Waals surface area (Å²) in [4.78, 5) is 25.8. The van der Waals surface area contributed by atoms with Crippen LogP contribution in [0.5, 0.6) is 0 Å². The van der Waals surface area contributed by atoms with Crippen LogP contribution in [0.3, 0.4) is 0 Å². The van der Waals surface area contributed by atoms with E-state index in [9.17, 15) is 9.59 Å². The van der Waals surface area contributed by atoms with Crippen LogP contribution in [0.15, 0.2) is 36.4 Å². The van der Waals surface area contributed by atoms with Gasteiger partial charge < -0.3 is 10.1 Å². The minimum absolute atomic E-state index is 0.107. The van der Waals surface area contributed by atoms with Gasteiger partial charge in [0.1, 0.15) is 0 Å². The van der Waals surface area contributed by atoms with Gasteiger partial charge >= 0.3 is 5.97 Å². The van der Waals surface area contributed by atoms with E-state index in [4.69, 9.17) is 4.74 Å². The average molecular weight is 317 g/mol. The monoisotopic (exact) mass is 317 g/mol. The second-order valence-corrected chi connectivity index (χ2v) is 6.32. The molecule has 1 atom stereocenters. The number of nitrogens with one attached hydrogen (secondary N) is 1. The molecule has 1 aromatic heterocycles. The molecule has 0 aliphatic carbocycles. The molecule has 0 fully saturated rings. The van der Waals surface area contributed by atoms with E-state index >= 15 is 0 Å². The quantitative estimate of drug-likeness (QED) is 0.860. The first-order valence-corrected chi connectivity index (χ1v) is 7.82. The predicted octanol–water partition coefficient (Wildman–Crippen LogP) is 3.40. The standard InChI is InChI=1S/C17H19NO3S/c1-11-9-15(22-12(11)2)17(20)18-14(10-16(19)21-3)13-7-5-4-6-8-13/h4-9,14H,10H2,1-3H3,(H,18,20). The fourth-order valence-electron chi connectivity index (χ4n) is 2.10. The van der Waals surface area contributed by atoms with Crippen LogP contribution in [-0.4, -0.2) is 19.0 Å². The summed E-state index contributed by atoms with van der Waals surface area (Å²) in [5, 5.41) is 2.93. The number of carbonyl (C=O) groups excluding carboxylic acids is 2. The van der Waals surface area contributed by atoms with Gasteiger partial charge in [0, 0.05) is 4.88 Å². The first-order chi connectivity index (χ1) is 10.5.